The molecular formula is C12H26S2. The zero-order valence-electron chi connectivity index (χ0n) is 10.5. The molecule has 1 atom stereocenters. The van der Waals surface area contributed by atoms with Crippen LogP contribution in [0.2, 0.25) is 0 Å². The highest BCUT2D eigenvalue weighted by Crippen LogP contribution is 2.40. The largest absolute Gasteiger partial charge is 0.178 e. The number of rotatable bonds is 4. The molecule has 1 unspecified atom stereocenters. The highest BCUT2D eigenvalue weighted by Gasteiger charge is 2.31. The van der Waals surface area contributed by atoms with Gasteiger partial charge < -0.3 is 0 Å². The van der Waals surface area contributed by atoms with Crippen molar-refractivity contribution >= 4 is 25.3 Å². The lowest BCUT2D eigenvalue weighted by Crippen LogP contribution is -2.31. The average Bonchev–Trinajstić information content (AvgIpc) is 1.78. The van der Waals surface area contributed by atoms with Gasteiger partial charge in [0.05, 0.1) is 0 Å². The van der Waals surface area contributed by atoms with Crippen molar-refractivity contribution in [2.45, 2.75) is 59.1 Å². The second-order valence-electron chi connectivity index (χ2n) is 6.73. The standard InChI is InChI=1S/C12H26S2/c1-10(2,3)7-11(4,5)8-12(6,14)9-13/h13-14H,7-9H2,1-6H3. The lowest BCUT2D eigenvalue weighted by molar-refractivity contribution is 0.188. The summed E-state index contributed by atoms with van der Waals surface area (Å²) in [6, 6.07) is 0. The smallest absolute Gasteiger partial charge is 0.0194 e. The van der Waals surface area contributed by atoms with Gasteiger partial charge in [-0.1, -0.05) is 34.6 Å². The van der Waals surface area contributed by atoms with Gasteiger partial charge in [0, 0.05) is 10.5 Å². The summed E-state index contributed by atoms with van der Waals surface area (Å²) in [5.74, 6) is 0.837. The number of hydrogen-bond donors (Lipinski definition) is 2. The quantitative estimate of drug-likeness (QED) is 0.659. The van der Waals surface area contributed by atoms with Crippen LogP contribution in [0.3, 0.4) is 0 Å². The Morgan fingerprint density at radius 3 is 1.57 bits per heavy atom. The Morgan fingerprint density at radius 1 is 0.857 bits per heavy atom. The van der Waals surface area contributed by atoms with Crippen LogP contribution >= 0.6 is 25.3 Å². The molecule has 0 radical (unpaired) electrons. The second kappa shape index (κ2) is 4.69. The van der Waals surface area contributed by atoms with Gasteiger partial charge in [0.15, 0.2) is 0 Å². The van der Waals surface area contributed by atoms with E-state index in [1.807, 2.05) is 0 Å². The van der Waals surface area contributed by atoms with E-state index < -0.39 is 0 Å². The molecule has 0 aliphatic rings. The molecule has 0 spiro atoms. The highest BCUT2D eigenvalue weighted by molar-refractivity contribution is 7.85. The third-order valence-electron chi connectivity index (χ3n) is 2.21. The Hall–Kier alpha value is 0.700. The Bertz CT molecular complexity index is 175. The predicted molar refractivity (Wildman–Crippen MR) is 73.7 cm³/mol. The lowest BCUT2D eigenvalue weighted by Gasteiger charge is -2.37. The van der Waals surface area contributed by atoms with E-state index in [-0.39, 0.29) is 4.75 Å². The van der Waals surface area contributed by atoms with Crippen LogP contribution in [0.4, 0.5) is 0 Å². The van der Waals surface area contributed by atoms with Crippen molar-refractivity contribution in [3.05, 3.63) is 0 Å². The van der Waals surface area contributed by atoms with E-state index in [9.17, 15) is 0 Å². The molecule has 86 valence electrons. The van der Waals surface area contributed by atoms with Gasteiger partial charge in [-0.2, -0.15) is 25.3 Å². The van der Waals surface area contributed by atoms with Crippen molar-refractivity contribution in [2.75, 3.05) is 5.75 Å². The van der Waals surface area contributed by atoms with Crippen LogP contribution < -0.4 is 0 Å². The summed E-state index contributed by atoms with van der Waals surface area (Å²) in [4.78, 5) is 0. The van der Waals surface area contributed by atoms with Gasteiger partial charge >= 0.3 is 0 Å². The first-order valence-corrected chi connectivity index (χ1v) is 6.39. The monoisotopic (exact) mass is 234 g/mol. The summed E-state index contributed by atoms with van der Waals surface area (Å²) in [6.07, 6.45) is 2.34. The molecule has 0 nitrogen and oxygen atoms in total. The van der Waals surface area contributed by atoms with Gasteiger partial charge in [0.1, 0.15) is 0 Å². The summed E-state index contributed by atoms with van der Waals surface area (Å²) in [7, 11) is 0. The van der Waals surface area contributed by atoms with Gasteiger partial charge in [0.25, 0.3) is 0 Å². The van der Waals surface area contributed by atoms with Crippen molar-refractivity contribution in [1.82, 2.24) is 0 Å². The van der Waals surface area contributed by atoms with E-state index in [1.165, 1.54) is 6.42 Å². The van der Waals surface area contributed by atoms with Crippen LogP contribution in [-0.2, 0) is 0 Å². The van der Waals surface area contributed by atoms with E-state index in [0.717, 1.165) is 12.2 Å². The van der Waals surface area contributed by atoms with Crippen LogP contribution in [-0.4, -0.2) is 10.5 Å². The Labute approximate surface area is 101 Å². The van der Waals surface area contributed by atoms with Crippen LogP contribution in [0.15, 0.2) is 0 Å². The Morgan fingerprint density at radius 2 is 1.29 bits per heavy atom. The zero-order valence-corrected chi connectivity index (χ0v) is 12.3. The molecule has 0 aromatic heterocycles. The molecule has 0 bridgehead atoms. The molecule has 0 rings (SSSR count). The SMILES string of the molecule is CC(C)(C)CC(C)(C)CC(C)(S)CS. The van der Waals surface area contributed by atoms with E-state index in [4.69, 9.17) is 0 Å². The molecule has 0 heterocycles. The third kappa shape index (κ3) is 7.05. The molecule has 0 saturated heterocycles. The lowest BCUT2D eigenvalue weighted by atomic mass is 9.72. The first kappa shape index (κ1) is 14.7. The minimum atomic E-state index is 0.0534. The summed E-state index contributed by atoms with van der Waals surface area (Å²) >= 11 is 9.00. The van der Waals surface area contributed by atoms with Gasteiger partial charge in [-0.3, -0.25) is 0 Å². The first-order valence-electron chi connectivity index (χ1n) is 5.31. The second-order valence-corrected chi connectivity index (χ2v) is 8.13. The van der Waals surface area contributed by atoms with Gasteiger partial charge in [-0.05, 0) is 30.6 Å². The minimum Gasteiger partial charge on any atom is -0.178 e. The average molecular weight is 234 g/mol. The van der Waals surface area contributed by atoms with Crippen LogP contribution in [0.1, 0.15) is 54.4 Å². The van der Waals surface area contributed by atoms with Crippen molar-refractivity contribution < 1.29 is 0 Å². The van der Waals surface area contributed by atoms with Crippen LogP contribution in [0.5, 0.6) is 0 Å². The predicted octanol–water partition coefficient (Wildman–Crippen LogP) is 4.46. The van der Waals surface area contributed by atoms with Crippen LogP contribution in [0.25, 0.3) is 0 Å². The van der Waals surface area contributed by atoms with Crippen LogP contribution in [0, 0.1) is 10.8 Å². The Kier molecular flexibility index (Phi) is 4.93. The van der Waals surface area contributed by atoms with Crippen molar-refractivity contribution in [2.24, 2.45) is 10.8 Å². The van der Waals surface area contributed by atoms with E-state index >= 15 is 0 Å². The van der Waals surface area contributed by atoms with E-state index in [1.54, 1.807) is 0 Å². The maximum atomic E-state index is 4.65. The van der Waals surface area contributed by atoms with Gasteiger partial charge in [0.2, 0.25) is 0 Å². The molecule has 2 heteroatoms. The molecule has 0 aromatic rings. The summed E-state index contributed by atoms with van der Waals surface area (Å²) in [5.41, 5.74) is 0.738. The minimum absolute atomic E-state index is 0.0534. The normalized spacial score (nSPS) is 18.0. The summed E-state index contributed by atoms with van der Waals surface area (Å²) in [5, 5.41) is 0. The molecule has 0 fully saturated rings. The molecule has 0 aromatic carbocycles. The van der Waals surface area contributed by atoms with Gasteiger partial charge in [-0.25, -0.2) is 0 Å². The molecule has 0 aliphatic heterocycles. The molecule has 0 amide bonds. The number of thiol groups is 2. The van der Waals surface area contributed by atoms with Crippen molar-refractivity contribution in [1.29, 1.82) is 0 Å². The van der Waals surface area contributed by atoms with E-state index in [2.05, 4.69) is 66.8 Å². The fourth-order valence-electron chi connectivity index (χ4n) is 2.59. The topological polar surface area (TPSA) is 0 Å². The summed E-state index contributed by atoms with van der Waals surface area (Å²) in [6.45, 7) is 13.7. The fraction of sp³-hybridized carbons (Fsp3) is 1.00. The molecule has 14 heavy (non-hydrogen) atoms. The maximum Gasteiger partial charge on any atom is 0.0194 e. The summed E-state index contributed by atoms with van der Waals surface area (Å²) < 4.78 is 0.0534. The zero-order chi connectivity index (χ0) is 11.6. The third-order valence-corrected chi connectivity index (χ3v) is 3.47. The van der Waals surface area contributed by atoms with Crippen molar-refractivity contribution in [3.8, 4) is 0 Å². The molecule has 0 N–H and O–H groups in total. The molecule has 0 saturated carbocycles. The fourth-order valence-corrected chi connectivity index (χ4v) is 3.12. The first-order chi connectivity index (χ1) is 5.97. The van der Waals surface area contributed by atoms with E-state index in [0.29, 0.717) is 10.8 Å². The number of hydrogen-bond acceptors (Lipinski definition) is 2. The van der Waals surface area contributed by atoms with Crippen molar-refractivity contribution in [3.63, 3.8) is 0 Å². The Balaban J connectivity index is 4.35. The molecule has 0 aliphatic carbocycles. The highest BCUT2D eigenvalue weighted by atomic mass is 32.1. The molecular weight excluding hydrogens is 208 g/mol. The maximum absolute atomic E-state index is 4.65. The van der Waals surface area contributed by atoms with Gasteiger partial charge in [-0.15, -0.1) is 0 Å².